The monoisotopic (exact) mass is 460 g/mol. The van der Waals surface area contributed by atoms with E-state index < -0.39 is 35.7 Å². The Hall–Kier alpha value is -3.80. The first kappa shape index (κ1) is 21.1. The minimum atomic E-state index is -4.57. The highest BCUT2D eigenvalue weighted by molar-refractivity contribution is 6.04. The zero-order valence-electron chi connectivity index (χ0n) is 16.8. The lowest BCUT2D eigenvalue weighted by molar-refractivity contribution is -0.137. The van der Waals surface area contributed by atoms with E-state index in [1.165, 1.54) is 23.4 Å². The number of aliphatic hydroxyl groups excluding tert-OH is 1. The number of fused-ring (bicyclic) bond motifs is 4. The SMILES string of the molecule is O=C(Nc1cncc(F)c1)N1c2nc(-c3cncc(C(F)(F)F)c3)ccc2N2C[C@@H](O)[C@H]1C2. The van der Waals surface area contributed by atoms with E-state index in [-0.39, 0.29) is 29.3 Å². The summed E-state index contributed by atoms with van der Waals surface area (Å²) in [6.07, 6.45) is -1.23. The van der Waals surface area contributed by atoms with Gasteiger partial charge in [0.25, 0.3) is 0 Å². The summed E-state index contributed by atoms with van der Waals surface area (Å²) in [4.78, 5) is 28.1. The van der Waals surface area contributed by atoms with Crippen molar-refractivity contribution in [2.45, 2.75) is 18.3 Å². The second-order valence-corrected chi connectivity index (χ2v) is 7.73. The smallest absolute Gasteiger partial charge is 0.389 e. The number of carbonyl (C=O) groups excluding carboxylic acids is 1. The molecule has 0 spiro atoms. The Labute approximate surface area is 184 Å². The van der Waals surface area contributed by atoms with Crippen molar-refractivity contribution < 1.29 is 27.5 Å². The van der Waals surface area contributed by atoms with Crippen molar-refractivity contribution >= 4 is 23.2 Å². The number of halogens is 4. The van der Waals surface area contributed by atoms with E-state index in [4.69, 9.17) is 0 Å². The number of aliphatic hydroxyl groups is 1. The van der Waals surface area contributed by atoms with Crippen LogP contribution in [0.2, 0.25) is 0 Å². The summed E-state index contributed by atoms with van der Waals surface area (Å²) >= 11 is 0. The number of amides is 2. The number of hydrogen-bond acceptors (Lipinski definition) is 6. The van der Waals surface area contributed by atoms with Crippen molar-refractivity contribution in [2.75, 3.05) is 28.2 Å². The first-order chi connectivity index (χ1) is 15.7. The molecule has 2 aliphatic rings. The molecule has 1 saturated heterocycles. The van der Waals surface area contributed by atoms with Gasteiger partial charge in [-0.05, 0) is 18.2 Å². The Kier molecular flexibility index (Phi) is 4.89. The number of alkyl halides is 3. The summed E-state index contributed by atoms with van der Waals surface area (Å²) in [7, 11) is 0. The van der Waals surface area contributed by atoms with Gasteiger partial charge in [0.05, 0.1) is 47.2 Å². The van der Waals surface area contributed by atoms with Gasteiger partial charge in [-0.3, -0.25) is 14.9 Å². The summed E-state index contributed by atoms with van der Waals surface area (Å²) in [6.45, 7) is 0.601. The first-order valence-electron chi connectivity index (χ1n) is 9.88. The van der Waals surface area contributed by atoms with Crippen LogP contribution in [0.25, 0.3) is 11.3 Å². The van der Waals surface area contributed by atoms with Crippen LogP contribution in [0.4, 0.5) is 39.5 Å². The Morgan fingerprint density at radius 3 is 2.64 bits per heavy atom. The van der Waals surface area contributed by atoms with E-state index in [0.717, 1.165) is 24.5 Å². The summed E-state index contributed by atoms with van der Waals surface area (Å²) < 4.78 is 52.9. The van der Waals surface area contributed by atoms with Crippen LogP contribution in [-0.2, 0) is 6.18 Å². The van der Waals surface area contributed by atoms with E-state index in [1.54, 1.807) is 6.07 Å². The number of carbonyl (C=O) groups is 1. The summed E-state index contributed by atoms with van der Waals surface area (Å²) in [5.41, 5.74) is 0.0195. The third-order valence-electron chi connectivity index (χ3n) is 5.55. The maximum Gasteiger partial charge on any atom is 0.417 e. The number of nitrogens with one attached hydrogen (secondary N) is 1. The molecule has 0 unspecified atom stereocenters. The standard InChI is InChI=1S/C21H16F4N6O2/c22-13-4-14(8-27-7-13)28-20(33)31-17-9-30(10-18(17)32)16-2-1-15(29-19(16)31)11-3-12(6-26-5-11)21(23,24)25/h1-8,17-18,32H,9-10H2,(H,28,33)/t17-,18-/m1/s1. The fourth-order valence-corrected chi connectivity index (χ4v) is 4.05. The van der Waals surface area contributed by atoms with Crippen LogP contribution in [0.1, 0.15) is 5.56 Å². The maximum absolute atomic E-state index is 13.5. The molecule has 0 saturated carbocycles. The minimum Gasteiger partial charge on any atom is -0.389 e. The van der Waals surface area contributed by atoms with Crippen molar-refractivity contribution in [3.8, 4) is 11.3 Å². The predicted octanol–water partition coefficient (Wildman–Crippen LogP) is 3.30. The molecule has 33 heavy (non-hydrogen) atoms. The molecule has 8 nitrogen and oxygen atoms in total. The van der Waals surface area contributed by atoms with Crippen LogP contribution >= 0.6 is 0 Å². The van der Waals surface area contributed by atoms with Gasteiger partial charge in [0.2, 0.25) is 0 Å². The normalized spacial score (nSPS) is 19.4. The second-order valence-electron chi connectivity index (χ2n) is 7.73. The van der Waals surface area contributed by atoms with Gasteiger partial charge in [-0.1, -0.05) is 0 Å². The van der Waals surface area contributed by atoms with Crippen LogP contribution in [0.5, 0.6) is 0 Å². The van der Waals surface area contributed by atoms with Crippen molar-refractivity contribution in [3.63, 3.8) is 0 Å². The highest BCUT2D eigenvalue weighted by Crippen LogP contribution is 2.41. The molecule has 2 amide bonds. The van der Waals surface area contributed by atoms with E-state index in [2.05, 4.69) is 20.3 Å². The second kappa shape index (κ2) is 7.66. The predicted molar refractivity (Wildman–Crippen MR) is 110 cm³/mol. The molecular weight excluding hydrogens is 444 g/mol. The quantitative estimate of drug-likeness (QED) is 0.570. The Morgan fingerprint density at radius 2 is 1.88 bits per heavy atom. The number of nitrogens with zero attached hydrogens (tertiary/aromatic N) is 5. The largest absolute Gasteiger partial charge is 0.417 e. The Bertz CT molecular complexity index is 1240. The molecule has 5 rings (SSSR count). The van der Waals surface area contributed by atoms with Crippen LogP contribution in [0, 0.1) is 5.82 Å². The zero-order valence-corrected chi connectivity index (χ0v) is 16.8. The lowest BCUT2D eigenvalue weighted by Gasteiger charge is -2.36. The molecule has 0 aromatic carbocycles. The van der Waals surface area contributed by atoms with Crippen molar-refractivity contribution in [1.29, 1.82) is 0 Å². The van der Waals surface area contributed by atoms with Gasteiger partial charge in [-0.2, -0.15) is 13.2 Å². The average molecular weight is 460 g/mol. The van der Waals surface area contributed by atoms with Gasteiger partial charge in [0.15, 0.2) is 5.82 Å². The summed E-state index contributed by atoms with van der Waals surface area (Å²) in [5.74, 6) is -0.476. The van der Waals surface area contributed by atoms with Gasteiger partial charge >= 0.3 is 12.2 Å². The Morgan fingerprint density at radius 1 is 1.09 bits per heavy atom. The van der Waals surface area contributed by atoms with E-state index in [0.29, 0.717) is 12.2 Å². The molecule has 0 radical (unpaired) electrons. The number of urea groups is 1. The van der Waals surface area contributed by atoms with Crippen LogP contribution in [0.15, 0.2) is 49.1 Å². The van der Waals surface area contributed by atoms with Gasteiger partial charge in [-0.25, -0.2) is 14.2 Å². The zero-order chi connectivity index (χ0) is 23.3. The molecule has 3 aromatic heterocycles. The average Bonchev–Trinajstić information content (AvgIpc) is 3.09. The van der Waals surface area contributed by atoms with E-state index in [1.807, 2.05) is 4.90 Å². The Balaban J connectivity index is 1.55. The van der Waals surface area contributed by atoms with Crippen LogP contribution in [-0.4, -0.2) is 51.3 Å². The molecule has 2 atom stereocenters. The van der Waals surface area contributed by atoms with Crippen molar-refractivity contribution in [2.24, 2.45) is 0 Å². The first-order valence-corrected chi connectivity index (χ1v) is 9.88. The highest BCUT2D eigenvalue weighted by Gasteiger charge is 2.45. The third kappa shape index (κ3) is 3.82. The molecule has 2 aliphatic heterocycles. The van der Waals surface area contributed by atoms with Gasteiger partial charge in [-0.15, -0.1) is 0 Å². The lowest BCUT2D eigenvalue weighted by atomic mass is 10.1. The number of anilines is 3. The van der Waals surface area contributed by atoms with E-state index in [9.17, 15) is 27.5 Å². The molecular formula is C21H16F4N6O2. The third-order valence-corrected chi connectivity index (χ3v) is 5.55. The summed E-state index contributed by atoms with van der Waals surface area (Å²) in [5, 5.41) is 13.1. The molecule has 5 heterocycles. The highest BCUT2D eigenvalue weighted by atomic mass is 19.4. The molecule has 1 fully saturated rings. The van der Waals surface area contributed by atoms with Crippen molar-refractivity contribution in [1.82, 2.24) is 15.0 Å². The van der Waals surface area contributed by atoms with Crippen molar-refractivity contribution in [3.05, 3.63) is 60.4 Å². The molecule has 170 valence electrons. The fourth-order valence-electron chi connectivity index (χ4n) is 4.05. The number of hydrogen-bond donors (Lipinski definition) is 2. The number of pyridine rings is 3. The topological polar surface area (TPSA) is 94.5 Å². The number of rotatable bonds is 2. The molecule has 2 bridgehead atoms. The fraction of sp³-hybridized carbons (Fsp3) is 0.238. The molecule has 12 heteroatoms. The van der Waals surface area contributed by atoms with Gasteiger partial charge in [0, 0.05) is 37.1 Å². The summed E-state index contributed by atoms with van der Waals surface area (Å²) in [6, 6.07) is 3.86. The molecule has 2 N–H and O–H groups in total. The molecule has 0 aliphatic carbocycles. The van der Waals surface area contributed by atoms with E-state index >= 15 is 0 Å². The lowest BCUT2D eigenvalue weighted by Crippen LogP contribution is -2.51. The minimum absolute atomic E-state index is 0.106. The van der Waals surface area contributed by atoms with Gasteiger partial charge < -0.3 is 15.3 Å². The van der Waals surface area contributed by atoms with Crippen LogP contribution < -0.4 is 15.1 Å². The number of aromatic nitrogens is 3. The van der Waals surface area contributed by atoms with Gasteiger partial charge in [0.1, 0.15) is 5.82 Å². The van der Waals surface area contributed by atoms with Crippen LogP contribution in [0.3, 0.4) is 0 Å². The molecule has 3 aromatic rings. The maximum atomic E-state index is 13.5.